The first-order valence-corrected chi connectivity index (χ1v) is 11.6. The minimum Gasteiger partial charge on any atom is -0.507 e. The average Bonchev–Trinajstić information content (AvgIpc) is 2.78. The Balaban J connectivity index is 1.57. The number of phenols is 1. The molecule has 7 heteroatoms. The zero-order chi connectivity index (χ0) is 23.5. The molecular formula is C26H32N4O3. The monoisotopic (exact) mass is 448 g/mol. The van der Waals surface area contributed by atoms with Crippen LogP contribution in [0.5, 0.6) is 5.75 Å². The number of piperazine rings is 1. The summed E-state index contributed by atoms with van der Waals surface area (Å²) in [4.78, 5) is 26.2. The quantitative estimate of drug-likeness (QED) is 0.597. The van der Waals surface area contributed by atoms with Crippen molar-refractivity contribution in [1.82, 2.24) is 14.9 Å². The molecule has 1 aliphatic rings. The highest BCUT2D eigenvalue weighted by Crippen LogP contribution is 2.32. The normalized spacial score (nSPS) is 15.3. The summed E-state index contributed by atoms with van der Waals surface area (Å²) < 4.78 is 0. The van der Waals surface area contributed by atoms with Gasteiger partial charge in [0.15, 0.2) is 5.82 Å². The number of hydrogen-bond donors (Lipinski definition) is 2. The Hall–Kier alpha value is -3.19. The van der Waals surface area contributed by atoms with Gasteiger partial charge in [-0.3, -0.25) is 4.79 Å². The van der Waals surface area contributed by atoms with Crippen LogP contribution in [0, 0.1) is 12.8 Å². The average molecular weight is 449 g/mol. The highest BCUT2D eigenvalue weighted by Gasteiger charge is 2.25. The van der Waals surface area contributed by atoms with Crippen molar-refractivity contribution in [2.75, 3.05) is 31.1 Å². The number of nitrogens with zero attached hydrogens (tertiary/aromatic N) is 4. The molecule has 1 fully saturated rings. The number of aliphatic hydroxyl groups excluding tert-OH is 1. The second-order valence-corrected chi connectivity index (χ2v) is 9.26. The Labute approximate surface area is 194 Å². The Morgan fingerprint density at radius 3 is 2.48 bits per heavy atom. The third-order valence-corrected chi connectivity index (χ3v) is 6.06. The van der Waals surface area contributed by atoms with Crippen molar-refractivity contribution in [2.24, 2.45) is 5.92 Å². The van der Waals surface area contributed by atoms with E-state index in [0.717, 1.165) is 22.3 Å². The molecule has 0 saturated carbocycles. The number of aromatic nitrogens is 2. The zero-order valence-corrected chi connectivity index (χ0v) is 19.5. The number of rotatable bonds is 6. The molecule has 2 N–H and O–H groups in total. The zero-order valence-electron chi connectivity index (χ0n) is 19.5. The second kappa shape index (κ2) is 9.75. The van der Waals surface area contributed by atoms with Gasteiger partial charge in [-0.1, -0.05) is 32.0 Å². The van der Waals surface area contributed by atoms with Crippen molar-refractivity contribution in [1.29, 1.82) is 0 Å². The topological polar surface area (TPSA) is 89.8 Å². The molecule has 0 spiro atoms. The van der Waals surface area contributed by atoms with Gasteiger partial charge in [0.1, 0.15) is 11.6 Å². The molecule has 3 aromatic rings. The molecule has 1 atom stereocenters. The summed E-state index contributed by atoms with van der Waals surface area (Å²) in [6, 6.07) is 13.2. The lowest BCUT2D eigenvalue weighted by Gasteiger charge is -2.36. The van der Waals surface area contributed by atoms with Gasteiger partial charge in [-0.05, 0) is 49.1 Å². The summed E-state index contributed by atoms with van der Waals surface area (Å²) in [5.41, 5.74) is 2.52. The van der Waals surface area contributed by atoms with E-state index in [1.807, 2.05) is 56.0 Å². The lowest BCUT2D eigenvalue weighted by molar-refractivity contribution is -0.133. The number of aryl methyl sites for hydroxylation is 1. The first kappa shape index (κ1) is 23.0. The van der Waals surface area contributed by atoms with Crippen LogP contribution >= 0.6 is 0 Å². The summed E-state index contributed by atoms with van der Waals surface area (Å²) in [6.07, 6.45) is 0.212. The molecule has 1 saturated heterocycles. The van der Waals surface area contributed by atoms with Gasteiger partial charge < -0.3 is 20.0 Å². The van der Waals surface area contributed by atoms with Gasteiger partial charge in [0.05, 0.1) is 23.6 Å². The van der Waals surface area contributed by atoms with Gasteiger partial charge in [0, 0.05) is 31.6 Å². The maximum absolute atomic E-state index is 12.7. The molecule has 7 nitrogen and oxygen atoms in total. The number of benzene rings is 2. The van der Waals surface area contributed by atoms with E-state index in [2.05, 4.69) is 4.90 Å². The van der Waals surface area contributed by atoms with E-state index >= 15 is 0 Å². The second-order valence-electron chi connectivity index (χ2n) is 9.26. The molecule has 0 bridgehead atoms. The summed E-state index contributed by atoms with van der Waals surface area (Å²) in [7, 11) is 0. The van der Waals surface area contributed by atoms with Crippen LogP contribution in [0.1, 0.15) is 32.3 Å². The molecule has 4 rings (SSSR count). The number of hydrogen-bond acceptors (Lipinski definition) is 6. The van der Waals surface area contributed by atoms with Gasteiger partial charge >= 0.3 is 0 Å². The van der Waals surface area contributed by atoms with Crippen LogP contribution in [-0.2, 0) is 4.79 Å². The minimum absolute atomic E-state index is 0.000803. The van der Waals surface area contributed by atoms with Crippen LogP contribution in [-0.4, -0.2) is 63.3 Å². The van der Waals surface area contributed by atoms with Crippen molar-refractivity contribution in [3.63, 3.8) is 0 Å². The molecular weight excluding hydrogens is 416 g/mol. The Morgan fingerprint density at radius 1 is 1.06 bits per heavy atom. The summed E-state index contributed by atoms with van der Waals surface area (Å²) >= 11 is 0. The van der Waals surface area contributed by atoms with Crippen LogP contribution < -0.4 is 4.90 Å². The van der Waals surface area contributed by atoms with Gasteiger partial charge in [0.2, 0.25) is 5.91 Å². The lowest BCUT2D eigenvalue weighted by Crippen LogP contribution is -2.49. The number of fused-ring (bicyclic) bond motifs is 1. The Kier molecular flexibility index (Phi) is 6.79. The third kappa shape index (κ3) is 5.25. The molecule has 33 heavy (non-hydrogen) atoms. The highest BCUT2D eigenvalue weighted by atomic mass is 16.3. The molecule has 0 radical (unpaired) electrons. The van der Waals surface area contributed by atoms with E-state index < -0.39 is 6.10 Å². The predicted octanol–water partition coefficient (Wildman–Crippen LogP) is 3.76. The van der Waals surface area contributed by atoms with Crippen molar-refractivity contribution >= 4 is 22.6 Å². The van der Waals surface area contributed by atoms with E-state index in [9.17, 15) is 15.0 Å². The van der Waals surface area contributed by atoms with Crippen LogP contribution in [0.2, 0.25) is 0 Å². The van der Waals surface area contributed by atoms with Crippen LogP contribution in [0.25, 0.3) is 22.3 Å². The van der Waals surface area contributed by atoms with Gasteiger partial charge in [-0.15, -0.1) is 0 Å². The standard InChI is InChI=1S/C26H32N4O3/c1-17(2)14-19(31)16-24(33)29-10-12-30(13-11-29)26-20-9-8-18(3)15-22(20)27-25(28-26)21-6-4-5-7-23(21)32/h4-9,15,17,19,31-32H,10-14,16H2,1-3H3. The smallest absolute Gasteiger partial charge is 0.225 e. The number of anilines is 1. The Bertz CT molecular complexity index is 1140. The minimum atomic E-state index is -0.592. The molecule has 2 aromatic carbocycles. The maximum Gasteiger partial charge on any atom is 0.225 e. The summed E-state index contributed by atoms with van der Waals surface area (Å²) in [5.74, 6) is 1.80. The SMILES string of the molecule is Cc1ccc2c(N3CCN(C(=O)CC(O)CC(C)C)CC3)nc(-c3ccccc3O)nc2c1. The Morgan fingerprint density at radius 2 is 1.79 bits per heavy atom. The number of carbonyl (C=O) groups is 1. The number of aromatic hydroxyl groups is 1. The fourth-order valence-corrected chi connectivity index (χ4v) is 4.37. The van der Waals surface area contributed by atoms with Crippen molar-refractivity contribution < 1.29 is 15.0 Å². The largest absolute Gasteiger partial charge is 0.507 e. The first-order valence-electron chi connectivity index (χ1n) is 11.6. The lowest BCUT2D eigenvalue weighted by atomic mass is 10.0. The van der Waals surface area contributed by atoms with E-state index in [1.165, 1.54) is 0 Å². The van der Waals surface area contributed by atoms with Crippen molar-refractivity contribution in [3.8, 4) is 17.1 Å². The molecule has 1 unspecified atom stereocenters. The van der Waals surface area contributed by atoms with Crippen LogP contribution in [0.3, 0.4) is 0 Å². The van der Waals surface area contributed by atoms with Crippen molar-refractivity contribution in [3.05, 3.63) is 48.0 Å². The number of carbonyl (C=O) groups excluding carboxylic acids is 1. The number of phenolic OH excluding ortho intramolecular Hbond substituents is 1. The van der Waals surface area contributed by atoms with E-state index in [4.69, 9.17) is 9.97 Å². The summed E-state index contributed by atoms with van der Waals surface area (Å²) in [6.45, 7) is 8.57. The molecule has 174 valence electrons. The van der Waals surface area contributed by atoms with E-state index in [1.54, 1.807) is 12.1 Å². The molecule has 0 aliphatic carbocycles. The number of para-hydroxylation sites is 1. The third-order valence-electron chi connectivity index (χ3n) is 6.06. The highest BCUT2D eigenvalue weighted by molar-refractivity contribution is 5.92. The van der Waals surface area contributed by atoms with Crippen LogP contribution in [0.4, 0.5) is 5.82 Å². The van der Waals surface area contributed by atoms with Gasteiger partial charge in [0.25, 0.3) is 0 Å². The van der Waals surface area contributed by atoms with Gasteiger partial charge in [-0.2, -0.15) is 0 Å². The fourth-order valence-electron chi connectivity index (χ4n) is 4.37. The predicted molar refractivity (Wildman–Crippen MR) is 130 cm³/mol. The van der Waals surface area contributed by atoms with E-state index in [-0.39, 0.29) is 18.1 Å². The number of aliphatic hydroxyl groups is 1. The van der Waals surface area contributed by atoms with Crippen molar-refractivity contribution in [2.45, 2.75) is 39.7 Å². The molecule has 1 amide bonds. The fraction of sp³-hybridized carbons (Fsp3) is 0.423. The first-order chi connectivity index (χ1) is 15.8. The van der Waals surface area contributed by atoms with E-state index in [0.29, 0.717) is 49.9 Å². The molecule has 1 aliphatic heterocycles. The molecule has 1 aromatic heterocycles. The van der Waals surface area contributed by atoms with Gasteiger partial charge in [-0.25, -0.2) is 9.97 Å². The number of amides is 1. The summed E-state index contributed by atoms with van der Waals surface area (Å²) in [5, 5.41) is 21.5. The maximum atomic E-state index is 12.7. The molecule has 2 heterocycles. The van der Waals surface area contributed by atoms with Crippen LogP contribution in [0.15, 0.2) is 42.5 Å².